The van der Waals surface area contributed by atoms with E-state index >= 15 is 0 Å². The zero-order valence-electron chi connectivity index (χ0n) is 34.5. The van der Waals surface area contributed by atoms with E-state index in [9.17, 15) is 0 Å². The molecule has 0 aliphatic rings. The van der Waals surface area contributed by atoms with Crippen LogP contribution in [0.15, 0.2) is 223 Å². The van der Waals surface area contributed by atoms with E-state index in [0.717, 1.165) is 99.8 Å². The van der Waals surface area contributed by atoms with E-state index in [1.54, 1.807) is 0 Å². The molecule has 0 bridgehead atoms. The van der Waals surface area contributed by atoms with E-state index in [2.05, 4.69) is 193 Å². The van der Waals surface area contributed by atoms with Gasteiger partial charge in [0.25, 0.3) is 0 Å². The van der Waals surface area contributed by atoms with Gasteiger partial charge in [-0.25, -0.2) is 15.0 Å². The van der Waals surface area contributed by atoms with Crippen LogP contribution in [0.2, 0.25) is 0 Å². The highest BCUT2D eigenvalue weighted by Crippen LogP contribution is 2.42. The Morgan fingerprint density at radius 3 is 1.77 bits per heavy atom. The summed E-state index contributed by atoms with van der Waals surface area (Å²) in [5.74, 6) is 0.681. The van der Waals surface area contributed by atoms with Gasteiger partial charge in [0.1, 0.15) is 11.2 Å². The highest BCUT2D eigenvalue weighted by Gasteiger charge is 2.20. The van der Waals surface area contributed by atoms with E-state index in [-0.39, 0.29) is 0 Å². The normalized spacial score (nSPS) is 11.8. The van der Waals surface area contributed by atoms with Crippen molar-refractivity contribution < 1.29 is 4.42 Å². The van der Waals surface area contributed by atoms with Crippen molar-refractivity contribution in [1.82, 2.24) is 19.5 Å². The first-order valence-electron chi connectivity index (χ1n) is 21.6. The number of pyridine rings is 1. The molecule has 0 radical (unpaired) electrons. The minimum atomic E-state index is 0.681. The molecule has 4 aromatic heterocycles. The second kappa shape index (κ2) is 14.5. The molecule has 0 unspecified atom stereocenters. The van der Waals surface area contributed by atoms with E-state index in [1.165, 1.54) is 21.8 Å². The number of rotatable bonds is 6. The Bertz CT molecular complexity index is 3900. The summed E-state index contributed by atoms with van der Waals surface area (Å²) in [4.78, 5) is 15.8. The van der Waals surface area contributed by atoms with Gasteiger partial charge in [-0.1, -0.05) is 170 Å². The molecule has 0 saturated carbocycles. The van der Waals surface area contributed by atoms with Crippen LogP contribution in [0.25, 0.3) is 127 Å². The van der Waals surface area contributed by atoms with Crippen LogP contribution >= 0.6 is 0 Å². The number of aromatic nitrogens is 4. The van der Waals surface area contributed by atoms with Crippen molar-refractivity contribution in [2.24, 2.45) is 0 Å². The summed E-state index contributed by atoms with van der Waals surface area (Å²) in [6.07, 6.45) is 0. The summed E-state index contributed by atoms with van der Waals surface area (Å²) >= 11 is 0. The maximum Gasteiger partial charge on any atom is 0.160 e. The van der Waals surface area contributed by atoms with E-state index < -0.39 is 0 Å². The summed E-state index contributed by atoms with van der Waals surface area (Å²) in [5, 5.41) is 7.82. The lowest BCUT2D eigenvalue weighted by Crippen LogP contribution is -1.98. The smallest absolute Gasteiger partial charge is 0.160 e. The third kappa shape index (κ3) is 5.83. The van der Waals surface area contributed by atoms with E-state index in [1.807, 2.05) is 30.3 Å². The lowest BCUT2D eigenvalue weighted by Gasteiger charge is -2.13. The van der Waals surface area contributed by atoms with Crippen LogP contribution in [-0.2, 0) is 0 Å². The van der Waals surface area contributed by atoms with E-state index in [0.29, 0.717) is 5.82 Å². The highest BCUT2D eigenvalue weighted by atomic mass is 16.3. The molecule has 5 heteroatoms. The summed E-state index contributed by atoms with van der Waals surface area (Å²) < 4.78 is 8.97. The zero-order chi connectivity index (χ0) is 42.1. The number of hydrogen-bond donors (Lipinski definition) is 0. The number of furan rings is 1. The number of hydrogen-bond acceptors (Lipinski definition) is 4. The predicted molar refractivity (Wildman–Crippen MR) is 264 cm³/mol. The van der Waals surface area contributed by atoms with Crippen molar-refractivity contribution in [2.45, 2.75) is 0 Å². The third-order valence-corrected chi connectivity index (χ3v) is 12.6. The Hall–Kier alpha value is -8.67. The van der Waals surface area contributed by atoms with Gasteiger partial charge in [-0.2, -0.15) is 0 Å². The van der Waals surface area contributed by atoms with Crippen LogP contribution in [0.4, 0.5) is 0 Å². The average Bonchev–Trinajstić information content (AvgIpc) is 3.93. The fourth-order valence-corrected chi connectivity index (χ4v) is 9.55. The monoisotopic (exact) mass is 816 g/mol. The van der Waals surface area contributed by atoms with Crippen LogP contribution in [0.3, 0.4) is 0 Å². The Kier molecular flexibility index (Phi) is 8.15. The standard InChI is InChI=1S/C59H36N4O/c1-2-15-40(16-3-1)59-60-50(36-51(61-59)42-18-13-20-44(35-42)63-52-25-9-6-22-46(52)47-23-7-10-26-53(47)63)39-30-28-37(29-31-39)41-17-12-19-43(34-41)56-55-48-24-8-11-27-54(48)64-58(55)49-33-32-38-14-4-5-21-45(38)57(49)62-56/h1-36H. The van der Waals surface area contributed by atoms with Gasteiger partial charge >= 0.3 is 0 Å². The number of fused-ring (bicyclic) bond motifs is 10. The molecule has 298 valence electrons. The summed E-state index contributed by atoms with van der Waals surface area (Å²) in [7, 11) is 0. The molecule has 0 aliphatic heterocycles. The van der Waals surface area contributed by atoms with Crippen LogP contribution in [0.1, 0.15) is 0 Å². The quantitative estimate of drug-likeness (QED) is 0.157. The molecule has 0 amide bonds. The minimum absolute atomic E-state index is 0.681. The molecule has 0 atom stereocenters. The Labute approximate surface area is 368 Å². The molecule has 9 aromatic carbocycles. The van der Waals surface area contributed by atoms with Gasteiger partial charge in [0.2, 0.25) is 0 Å². The molecular weight excluding hydrogens is 781 g/mol. The molecular formula is C59H36N4O. The van der Waals surface area contributed by atoms with Crippen molar-refractivity contribution in [3.8, 4) is 62.0 Å². The van der Waals surface area contributed by atoms with Crippen LogP contribution in [-0.4, -0.2) is 19.5 Å². The Morgan fingerprint density at radius 2 is 0.969 bits per heavy atom. The summed E-state index contributed by atoms with van der Waals surface area (Å²) in [6.45, 7) is 0. The number of para-hydroxylation sites is 3. The molecule has 13 rings (SSSR count). The molecule has 0 fully saturated rings. The molecule has 5 nitrogen and oxygen atoms in total. The molecule has 0 saturated heterocycles. The fraction of sp³-hybridized carbons (Fsp3) is 0. The molecule has 0 N–H and O–H groups in total. The van der Waals surface area contributed by atoms with Crippen molar-refractivity contribution in [1.29, 1.82) is 0 Å². The SMILES string of the molecule is c1ccc(-c2nc(-c3ccc(-c4cccc(-c5nc6c7ccccc7ccc6c6oc7ccccc7c56)c4)cc3)cc(-c3cccc(-n4c5ccccc5c5ccccc54)c3)n2)cc1. The summed E-state index contributed by atoms with van der Waals surface area (Å²) in [6, 6.07) is 76.6. The van der Waals surface area contributed by atoms with Gasteiger partial charge in [-0.15, -0.1) is 0 Å². The maximum atomic E-state index is 6.62. The molecule has 13 aromatic rings. The van der Waals surface area contributed by atoms with Gasteiger partial charge in [0, 0.05) is 54.9 Å². The Balaban J connectivity index is 0.910. The van der Waals surface area contributed by atoms with Gasteiger partial charge in [0.15, 0.2) is 5.82 Å². The van der Waals surface area contributed by atoms with Crippen LogP contribution in [0.5, 0.6) is 0 Å². The maximum absolute atomic E-state index is 6.62. The molecule has 0 aliphatic carbocycles. The summed E-state index contributed by atoms with van der Waals surface area (Å²) in [5.41, 5.74) is 14.9. The third-order valence-electron chi connectivity index (χ3n) is 12.6. The molecule has 4 heterocycles. The topological polar surface area (TPSA) is 56.7 Å². The number of benzene rings is 9. The molecule has 0 spiro atoms. The van der Waals surface area contributed by atoms with E-state index in [4.69, 9.17) is 19.4 Å². The van der Waals surface area contributed by atoms with Crippen LogP contribution < -0.4 is 0 Å². The first-order chi connectivity index (χ1) is 31.7. The second-order valence-electron chi connectivity index (χ2n) is 16.4. The lowest BCUT2D eigenvalue weighted by molar-refractivity contribution is 0.672. The predicted octanol–water partition coefficient (Wildman–Crippen LogP) is 15.5. The van der Waals surface area contributed by atoms with Crippen molar-refractivity contribution >= 4 is 65.4 Å². The van der Waals surface area contributed by atoms with Crippen molar-refractivity contribution in [3.63, 3.8) is 0 Å². The van der Waals surface area contributed by atoms with Gasteiger partial charge in [-0.3, -0.25) is 0 Å². The minimum Gasteiger partial charge on any atom is -0.455 e. The average molecular weight is 817 g/mol. The van der Waals surface area contributed by atoms with Gasteiger partial charge in [0.05, 0.1) is 39.0 Å². The largest absolute Gasteiger partial charge is 0.455 e. The zero-order valence-corrected chi connectivity index (χ0v) is 34.5. The molecule has 64 heavy (non-hydrogen) atoms. The van der Waals surface area contributed by atoms with Crippen molar-refractivity contribution in [2.75, 3.05) is 0 Å². The van der Waals surface area contributed by atoms with Crippen LogP contribution in [0, 0.1) is 0 Å². The van der Waals surface area contributed by atoms with Gasteiger partial charge in [-0.05, 0) is 65.0 Å². The number of nitrogens with zero attached hydrogens (tertiary/aromatic N) is 4. The second-order valence-corrected chi connectivity index (χ2v) is 16.4. The highest BCUT2D eigenvalue weighted by molar-refractivity contribution is 6.23. The fourth-order valence-electron chi connectivity index (χ4n) is 9.55. The Morgan fingerprint density at radius 1 is 0.359 bits per heavy atom. The lowest BCUT2D eigenvalue weighted by atomic mass is 9.96. The van der Waals surface area contributed by atoms with Gasteiger partial charge < -0.3 is 8.98 Å². The first kappa shape index (κ1) is 36.0. The van der Waals surface area contributed by atoms with Crippen molar-refractivity contribution in [3.05, 3.63) is 218 Å². The first-order valence-corrected chi connectivity index (χ1v) is 21.6.